The molecule has 0 atom stereocenters. The van der Waals surface area contributed by atoms with Gasteiger partial charge >= 0.3 is 5.97 Å². The van der Waals surface area contributed by atoms with Crippen molar-refractivity contribution in [2.75, 3.05) is 50.9 Å². The Kier molecular flexibility index (Phi) is 6.85. The highest BCUT2D eigenvalue weighted by molar-refractivity contribution is 7.17. The number of carbonyl (C=O) groups excluding carboxylic acids is 2. The Bertz CT molecular complexity index is 1210. The first-order valence-corrected chi connectivity index (χ1v) is 12.6. The molecule has 1 saturated heterocycles. The van der Waals surface area contributed by atoms with Crippen molar-refractivity contribution in [1.29, 1.82) is 0 Å². The van der Waals surface area contributed by atoms with Gasteiger partial charge in [0.05, 0.1) is 17.0 Å². The highest BCUT2D eigenvalue weighted by Gasteiger charge is 2.23. The minimum atomic E-state index is -0.370. The average molecular weight is 494 g/mol. The Morgan fingerprint density at radius 2 is 1.86 bits per heavy atom. The van der Waals surface area contributed by atoms with Crippen molar-refractivity contribution in [1.82, 2.24) is 9.88 Å². The van der Waals surface area contributed by atoms with E-state index in [-0.39, 0.29) is 11.9 Å². The van der Waals surface area contributed by atoms with Crippen LogP contribution < -0.4 is 14.4 Å². The molecule has 1 aromatic carbocycles. The summed E-state index contributed by atoms with van der Waals surface area (Å²) in [6, 6.07) is 13.3. The maximum atomic E-state index is 13.3. The summed E-state index contributed by atoms with van der Waals surface area (Å²) in [5, 5.41) is 0. The Morgan fingerprint density at radius 3 is 2.66 bits per heavy atom. The predicted molar refractivity (Wildman–Crippen MR) is 134 cm³/mol. The van der Waals surface area contributed by atoms with E-state index in [2.05, 4.69) is 9.88 Å². The fourth-order valence-electron chi connectivity index (χ4n) is 4.22. The number of aromatic nitrogens is 1. The second kappa shape index (κ2) is 10.4. The zero-order valence-corrected chi connectivity index (χ0v) is 20.4. The number of amides is 1. The topological polar surface area (TPSA) is 81.2 Å². The quantitative estimate of drug-likeness (QED) is 0.495. The highest BCUT2D eigenvalue weighted by atomic mass is 32.1. The molecule has 5 rings (SSSR count). The van der Waals surface area contributed by atoms with Crippen LogP contribution in [0.4, 0.5) is 5.82 Å². The number of fused-ring (bicyclic) bond motifs is 1. The number of ether oxygens (including phenoxy) is 3. The minimum Gasteiger partial charge on any atom is -0.486 e. The van der Waals surface area contributed by atoms with Gasteiger partial charge in [-0.25, -0.2) is 9.78 Å². The maximum absolute atomic E-state index is 13.3. The fraction of sp³-hybridized carbons (Fsp3) is 0.346. The van der Waals surface area contributed by atoms with Gasteiger partial charge in [0.25, 0.3) is 5.91 Å². The number of hydrogen-bond acceptors (Lipinski definition) is 8. The van der Waals surface area contributed by atoms with Gasteiger partial charge in [-0.2, -0.15) is 0 Å². The van der Waals surface area contributed by atoms with Gasteiger partial charge in [-0.1, -0.05) is 0 Å². The first-order chi connectivity index (χ1) is 17.1. The van der Waals surface area contributed by atoms with Gasteiger partial charge < -0.3 is 24.0 Å². The van der Waals surface area contributed by atoms with E-state index in [1.54, 1.807) is 19.2 Å². The molecular formula is C26H27N3O5S. The Hall–Kier alpha value is -3.59. The summed E-state index contributed by atoms with van der Waals surface area (Å²) < 4.78 is 16.3. The molecule has 1 fully saturated rings. The number of pyridine rings is 1. The largest absolute Gasteiger partial charge is 0.486 e. The zero-order chi connectivity index (χ0) is 24.2. The summed E-state index contributed by atoms with van der Waals surface area (Å²) in [5.41, 5.74) is 1.45. The molecule has 0 bridgehead atoms. The average Bonchev–Trinajstić information content (AvgIpc) is 3.26. The van der Waals surface area contributed by atoms with Crippen molar-refractivity contribution in [2.24, 2.45) is 0 Å². The van der Waals surface area contributed by atoms with E-state index in [0.29, 0.717) is 45.0 Å². The van der Waals surface area contributed by atoms with Crippen molar-refractivity contribution >= 4 is 29.0 Å². The SMILES string of the molecule is CCOC(=O)c1ccc(N2CCCN(C(=O)c3ccc(-c4ccc5c(c4)OCCO5)s3)CC2)nc1. The van der Waals surface area contributed by atoms with E-state index >= 15 is 0 Å². The van der Waals surface area contributed by atoms with Gasteiger partial charge in [-0.05, 0) is 61.4 Å². The molecule has 2 aliphatic heterocycles. The van der Waals surface area contributed by atoms with Crippen LogP contribution in [0.2, 0.25) is 0 Å². The molecule has 0 unspecified atom stereocenters. The Balaban J connectivity index is 1.23. The standard InChI is InChI=1S/C26H27N3O5S/c1-2-32-26(31)19-5-9-24(27-17-19)28-10-3-11-29(13-12-28)25(30)23-8-7-22(35-23)18-4-6-20-21(16-18)34-15-14-33-20/h4-9,16-17H,2-3,10-15H2,1H3. The van der Waals surface area contributed by atoms with Crippen LogP contribution >= 0.6 is 11.3 Å². The van der Waals surface area contributed by atoms with E-state index in [1.165, 1.54) is 11.3 Å². The van der Waals surface area contributed by atoms with Gasteiger partial charge in [0.15, 0.2) is 11.5 Å². The molecule has 4 heterocycles. The van der Waals surface area contributed by atoms with E-state index < -0.39 is 0 Å². The lowest BCUT2D eigenvalue weighted by molar-refractivity contribution is 0.0525. The molecule has 9 heteroatoms. The number of anilines is 1. The molecule has 8 nitrogen and oxygen atoms in total. The summed E-state index contributed by atoms with van der Waals surface area (Å²) >= 11 is 1.49. The van der Waals surface area contributed by atoms with Gasteiger partial charge in [0.1, 0.15) is 19.0 Å². The lowest BCUT2D eigenvalue weighted by Crippen LogP contribution is -2.35. The van der Waals surface area contributed by atoms with Crippen LogP contribution in [0.15, 0.2) is 48.7 Å². The molecule has 0 radical (unpaired) electrons. The molecule has 0 N–H and O–H groups in total. The first-order valence-electron chi connectivity index (χ1n) is 11.8. The number of thiophene rings is 1. The molecule has 182 valence electrons. The summed E-state index contributed by atoms with van der Waals surface area (Å²) in [7, 11) is 0. The first kappa shape index (κ1) is 23.2. The normalized spacial score (nSPS) is 15.5. The molecule has 0 saturated carbocycles. The van der Waals surface area contributed by atoms with Gasteiger partial charge in [-0.3, -0.25) is 4.79 Å². The second-order valence-electron chi connectivity index (χ2n) is 8.28. The molecule has 0 spiro atoms. The van der Waals surface area contributed by atoms with Crippen LogP contribution in [0.1, 0.15) is 33.4 Å². The van der Waals surface area contributed by atoms with E-state index in [1.807, 2.05) is 41.3 Å². The smallest absolute Gasteiger partial charge is 0.339 e. The van der Waals surface area contributed by atoms with E-state index in [0.717, 1.165) is 45.6 Å². The third-order valence-electron chi connectivity index (χ3n) is 6.01. The van der Waals surface area contributed by atoms with Crippen LogP contribution in [0.25, 0.3) is 10.4 Å². The third kappa shape index (κ3) is 5.09. The lowest BCUT2D eigenvalue weighted by atomic mass is 10.1. The van der Waals surface area contributed by atoms with Crippen LogP contribution in [0, 0.1) is 0 Å². The molecule has 2 aliphatic rings. The number of carbonyl (C=O) groups is 2. The highest BCUT2D eigenvalue weighted by Crippen LogP contribution is 2.37. The zero-order valence-electron chi connectivity index (χ0n) is 19.6. The summed E-state index contributed by atoms with van der Waals surface area (Å²) in [4.78, 5) is 35.4. The van der Waals surface area contributed by atoms with E-state index in [4.69, 9.17) is 14.2 Å². The van der Waals surface area contributed by atoms with Crippen LogP contribution in [0.5, 0.6) is 11.5 Å². The van der Waals surface area contributed by atoms with Crippen molar-refractivity contribution < 1.29 is 23.8 Å². The van der Waals surface area contributed by atoms with Crippen molar-refractivity contribution in [3.8, 4) is 21.9 Å². The molecule has 35 heavy (non-hydrogen) atoms. The van der Waals surface area contributed by atoms with Crippen molar-refractivity contribution in [2.45, 2.75) is 13.3 Å². The number of benzene rings is 1. The van der Waals surface area contributed by atoms with Crippen LogP contribution in [0.3, 0.4) is 0 Å². The minimum absolute atomic E-state index is 0.0475. The second-order valence-corrected chi connectivity index (χ2v) is 9.36. The number of rotatable bonds is 5. The Morgan fingerprint density at radius 1 is 1.00 bits per heavy atom. The summed E-state index contributed by atoms with van der Waals surface area (Å²) in [6.45, 7) is 5.98. The summed E-state index contributed by atoms with van der Waals surface area (Å²) in [6.07, 6.45) is 2.39. The molecule has 3 aromatic rings. The third-order valence-corrected chi connectivity index (χ3v) is 7.13. The van der Waals surface area contributed by atoms with Crippen molar-refractivity contribution in [3.63, 3.8) is 0 Å². The molecule has 0 aliphatic carbocycles. The Labute approximate surface area is 208 Å². The van der Waals surface area contributed by atoms with Crippen LogP contribution in [-0.4, -0.2) is 67.8 Å². The van der Waals surface area contributed by atoms with Gasteiger partial charge in [0.2, 0.25) is 0 Å². The van der Waals surface area contributed by atoms with Gasteiger partial charge in [-0.15, -0.1) is 11.3 Å². The predicted octanol–water partition coefficient (Wildman–Crippen LogP) is 4.11. The van der Waals surface area contributed by atoms with Crippen molar-refractivity contribution in [3.05, 3.63) is 59.1 Å². The molecule has 1 amide bonds. The summed E-state index contributed by atoms with van der Waals surface area (Å²) in [5.74, 6) is 1.97. The number of esters is 1. The monoisotopic (exact) mass is 493 g/mol. The molecular weight excluding hydrogens is 466 g/mol. The maximum Gasteiger partial charge on any atom is 0.339 e. The number of nitrogens with zero attached hydrogens (tertiary/aromatic N) is 3. The van der Waals surface area contributed by atoms with Gasteiger partial charge in [0, 0.05) is 37.3 Å². The fourth-order valence-corrected chi connectivity index (χ4v) is 5.19. The lowest BCUT2D eigenvalue weighted by Gasteiger charge is -2.22. The molecule has 2 aromatic heterocycles. The van der Waals surface area contributed by atoms with Crippen LogP contribution in [-0.2, 0) is 4.74 Å². The van der Waals surface area contributed by atoms with E-state index in [9.17, 15) is 9.59 Å². The number of hydrogen-bond donors (Lipinski definition) is 0.